The van der Waals surface area contributed by atoms with Crippen molar-refractivity contribution in [1.82, 2.24) is 30.0 Å². The van der Waals surface area contributed by atoms with Crippen molar-refractivity contribution in [2.45, 2.75) is 32.2 Å². The van der Waals surface area contributed by atoms with Gasteiger partial charge < -0.3 is 14.5 Å². The Labute approximate surface area is 163 Å². The van der Waals surface area contributed by atoms with Gasteiger partial charge in [0, 0.05) is 32.0 Å². The third kappa shape index (κ3) is 3.62. The summed E-state index contributed by atoms with van der Waals surface area (Å²) in [6.45, 7) is 4.74. The highest BCUT2D eigenvalue weighted by molar-refractivity contribution is 5.95. The summed E-state index contributed by atoms with van der Waals surface area (Å²) >= 11 is 0. The number of aryl methyl sites for hydroxylation is 1. The lowest BCUT2D eigenvalue weighted by Gasteiger charge is -2.34. The predicted octanol–water partition coefficient (Wildman–Crippen LogP) is 1.35. The zero-order chi connectivity index (χ0) is 19.5. The van der Waals surface area contributed by atoms with Gasteiger partial charge >= 0.3 is 0 Å². The van der Waals surface area contributed by atoms with Crippen molar-refractivity contribution in [3.8, 4) is 0 Å². The van der Waals surface area contributed by atoms with Crippen LogP contribution in [0.2, 0.25) is 0 Å². The van der Waals surface area contributed by atoms with Crippen LogP contribution in [0.5, 0.6) is 0 Å². The number of ether oxygens (including phenoxy) is 1. The standard InChI is InChI=1S/C19H24N6O3/c1-13-14(18(26)24-8-10-28-11-9-24)12-20-17(22-13)16-4-2-3-7-25(16)19(27)15-5-6-21-23-15/h5-6,12,16H,2-4,7-11H2,1H3,(H,21,23)/t16-/m0/s1. The highest BCUT2D eigenvalue weighted by Gasteiger charge is 2.32. The third-order valence-electron chi connectivity index (χ3n) is 5.32. The number of rotatable bonds is 3. The summed E-state index contributed by atoms with van der Waals surface area (Å²) in [7, 11) is 0. The molecular weight excluding hydrogens is 360 g/mol. The van der Waals surface area contributed by atoms with Gasteiger partial charge in [0.25, 0.3) is 11.8 Å². The largest absolute Gasteiger partial charge is 0.378 e. The quantitative estimate of drug-likeness (QED) is 0.857. The van der Waals surface area contributed by atoms with E-state index in [1.54, 1.807) is 28.3 Å². The first-order chi connectivity index (χ1) is 13.6. The number of hydrogen-bond acceptors (Lipinski definition) is 6. The van der Waals surface area contributed by atoms with E-state index in [1.807, 2.05) is 6.92 Å². The van der Waals surface area contributed by atoms with Gasteiger partial charge in [-0.1, -0.05) is 0 Å². The Morgan fingerprint density at radius 2 is 2.00 bits per heavy atom. The van der Waals surface area contributed by atoms with E-state index in [0.29, 0.717) is 55.6 Å². The van der Waals surface area contributed by atoms with Gasteiger partial charge in [-0.2, -0.15) is 5.10 Å². The molecule has 28 heavy (non-hydrogen) atoms. The highest BCUT2D eigenvalue weighted by Crippen LogP contribution is 2.30. The Morgan fingerprint density at radius 1 is 1.18 bits per heavy atom. The number of morpholine rings is 1. The molecule has 9 nitrogen and oxygen atoms in total. The summed E-state index contributed by atoms with van der Waals surface area (Å²) in [5.41, 5.74) is 1.61. The lowest BCUT2D eigenvalue weighted by Crippen LogP contribution is -2.41. The maximum Gasteiger partial charge on any atom is 0.272 e. The molecule has 1 atom stereocenters. The molecular formula is C19H24N6O3. The molecule has 9 heteroatoms. The topological polar surface area (TPSA) is 104 Å². The van der Waals surface area contributed by atoms with Crippen LogP contribution in [0.25, 0.3) is 0 Å². The number of aromatic amines is 1. The Balaban J connectivity index is 1.56. The molecule has 0 aliphatic carbocycles. The van der Waals surface area contributed by atoms with Crippen molar-refractivity contribution in [1.29, 1.82) is 0 Å². The van der Waals surface area contributed by atoms with Crippen molar-refractivity contribution < 1.29 is 14.3 Å². The number of amides is 2. The lowest BCUT2D eigenvalue weighted by molar-refractivity contribution is 0.0301. The summed E-state index contributed by atoms with van der Waals surface area (Å²) in [4.78, 5) is 38.3. The monoisotopic (exact) mass is 384 g/mol. The summed E-state index contributed by atoms with van der Waals surface area (Å²) < 4.78 is 5.31. The number of piperidine rings is 1. The summed E-state index contributed by atoms with van der Waals surface area (Å²) in [5.74, 6) is 0.418. The molecule has 0 spiro atoms. The minimum absolute atomic E-state index is 0.0682. The SMILES string of the molecule is Cc1nc([C@@H]2CCCCN2C(=O)c2ccn[nH]2)ncc1C(=O)N1CCOCC1. The number of nitrogens with one attached hydrogen (secondary N) is 1. The van der Waals surface area contributed by atoms with E-state index in [0.717, 1.165) is 19.3 Å². The number of likely N-dealkylation sites (tertiary alicyclic amines) is 1. The second kappa shape index (κ2) is 8.05. The first kappa shape index (κ1) is 18.5. The maximum atomic E-state index is 12.8. The van der Waals surface area contributed by atoms with Gasteiger partial charge in [-0.3, -0.25) is 14.7 Å². The molecule has 0 aromatic carbocycles. The maximum absolute atomic E-state index is 12.8. The molecule has 2 fully saturated rings. The van der Waals surface area contributed by atoms with Crippen LogP contribution in [0, 0.1) is 6.92 Å². The highest BCUT2D eigenvalue weighted by atomic mass is 16.5. The summed E-state index contributed by atoms with van der Waals surface area (Å²) in [6, 6.07) is 1.47. The minimum atomic E-state index is -0.198. The Hall–Kier alpha value is -2.81. The molecule has 0 unspecified atom stereocenters. The van der Waals surface area contributed by atoms with Crippen LogP contribution in [0.4, 0.5) is 0 Å². The predicted molar refractivity (Wildman–Crippen MR) is 99.7 cm³/mol. The molecule has 2 aliphatic heterocycles. The molecule has 2 saturated heterocycles. The van der Waals surface area contributed by atoms with Gasteiger partial charge in [0.2, 0.25) is 0 Å². The first-order valence-corrected chi connectivity index (χ1v) is 9.66. The van der Waals surface area contributed by atoms with Crippen molar-refractivity contribution in [3.05, 3.63) is 41.2 Å². The number of hydrogen-bond donors (Lipinski definition) is 1. The van der Waals surface area contributed by atoms with E-state index < -0.39 is 0 Å². The number of aromatic nitrogens is 4. The molecule has 1 N–H and O–H groups in total. The third-order valence-corrected chi connectivity index (χ3v) is 5.32. The van der Waals surface area contributed by atoms with Crippen molar-refractivity contribution >= 4 is 11.8 Å². The van der Waals surface area contributed by atoms with Crippen LogP contribution in [0.15, 0.2) is 18.5 Å². The number of H-pyrrole nitrogens is 1. The molecule has 2 amide bonds. The molecule has 0 radical (unpaired) electrons. The number of carbonyl (C=O) groups is 2. The minimum Gasteiger partial charge on any atom is -0.378 e. The lowest BCUT2D eigenvalue weighted by atomic mass is 10.0. The summed E-state index contributed by atoms with van der Waals surface area (Å²) in [5, 5.41) is 6.61. The van der Waals surface area contributed by atoms with Crippen molar-refractivity contribution in [3.63, 3.8) is 0 Å². The van der Waals surface area contributed by atoms with Gasteiger partial charge in [0.15, 0.2) is 5.82 Å². The van der Waals surface area contributed by atoms with Gasteiger partial charge in [0.1, 0.15) is 5.69 Å². The van der Waals surface area contributed by atoms with Gasteiger partial charge in [-0.05, 0) is 32.3 Å². The molecule has 4 rings (SSSR count). The van der Waals surface area contributed by atoms with Crippen molar-refractivity contribution in [2.24, 2.45) is 0 Å². The molecule has 2 aromatic heterocycles. The average Bonchev–Trinajstić information content (AvgIpc) is 3.28. The smallest absolute Gasteiger partial charge is 0.272 e. The zero-order valence-corrected chi connectivity index (χ0v) is 15.9. The fraction of sp³-hybridized carbons (Fsp3) is 0.526. The van der Waals surface area contributed by atoms with Crippen LogP contribution in [0.3, 0.4) is 0 Å². The average molecular weight is 384 g/mol. The zero-order valence-electron chi connectivity index (χ0n) is 15.9. The molecule has 148 valence electrons. The Kier molecular flexibility index (Phi) is 5.34. The van der Waals surface area contributed by atoms with Crippen LogP contribution in [-0.4, -0.2) is 74.6 Å². The fourth-order valence-electron chi connectivity index (χ4n) is 3.77. The van der Waals surface area contributed by atoms with Crippen LogP contribution in [0.1, 0.15) is 57.7 Å². The molecule has 0 bridgehead atoms. The van der Waals surface area contributed by atoms with E-state index >= 15 is 0 Å². The van der Waals surface area contributed by atoms with Gasteiger partial charge in [-0.25, -0.2) is 9.97 Å². The van der Waals surface area contributed by atoms with E-state index in [4.69, 9.17) is 4.74 Å². The second-order valence-electron chi connectivity index (χ2n) is 7.11. The summed E-state index contributed by atoms with van der Waals surface area (Å²) in [6.07, 6.45) is 5.93. The first-order valence-electron chi connectivity index (χ1n) is 9.66. The van der Waals surface area contributed by atoms with E-state index in [-0.39, 0.29) is 17.9 Å². The van der Waals surface area contributed by atoms with Crippen LogP contribution >= 0.6 is 0 Å². The molecule has 0 saturated carbocycles. The van der Waals surface area contributed by atoms with E-state index in [9.17, 15) is 9.59 Å². The van der Waals surface area contributed by atoms with Gasteiger partial charge in [-0.15, -0.1) is 0 Å². The second-order valence-corrected chi connectivity index (χ2v) is 7.11. The van der Waals surface area contributed by atoms with E-state index in [1.165, 1.54) is 0 Å². The Morgan fingerprint density at radius 3 is 2.71 bits per heavy atom. The normalized spacial score (nSPS) is 20.2. The van der Waals surface area contributed by atoms with Crippen LogP contribution in [-0.2, 0) is 4.74 Å². The van der Waals surface area contributed by atoms with Crippen molar-refractivity contribution in [2.75, 3.05) is 32.8 Å². The van der Waals surface area contributed by atoms with Gasteiger partial charge in [0.05, 0.1) is 30.5 Å². The number of nitrogens with zero attached hydrogens (tertiary/aromatic N) is 5. The van der Waals surface area contributed by atoms with Crippen LogP contribution < -0.4 is 0 Å². The van der Waals surface area contributed by atoms with E-state index in [2.05, 4.69) is 20.2 Å². The Bertz CT molecular complexity index is 847. The molecule has 4 heterocycles. The number of carbonyl (C=O) groups excluding carboxylic acids is 2. The molecule has 2 aliphatic rings. The molecule has 2 aromatic rings. The fourth-order valence-corrected chi connectivity index (χ4v) is 3.77.